The topological polar surface area (TPSA) is 43.6 Å². The Balaban J connectivity index is 1.07. The maximum absolute atomic E-state index is 9.29. The molecule has 0 aliphatic carbocycles. The van der Waals surface area contributed by atoms with E-state index < -0.39 is 0 Å². The first-order valence-electron chi connectivity index (χ1n) is 23.6. The summed E-state index contributed by atoms with van der Waals surface area (Å²) < 4.78 is 60.3. The maximum atomic E-state index is 9.29. The summed E-state index contributed by atoms with van der Waals surface area (Å²) in [4.78, 5) is 15.2. The highest BCUT2D eigenvalue weighted by Gasteiger charge is 2.21. The zero-order valence-electron chi connectivity index (χ0n) is 39.3. The molecule has 0 bridgehead atoms. The molecular formula is C57H34N4S2. The first kappa shape index (κ1) is 30.3. The summed E-state index contributed by atoms with van der Waals surface area (Å²) in [5.41, 5.74) is 7.68. The van der Waals surface area contributed by atoms with Crippen molar-refractivity contribution in [2.24, 2.45) is 0 Å². The molecule has 0 radical (unpaired) electrons. The van der Waals surface area contributed by atoms with Gasteiger partial charge in [0.15, 0.2) is 17.5 Å². The summed E-state index contributed by atoms with van der Waals surface area (Å²) in [6.07, 6.45) is 0. The fourth-order valence-electron chi connectivity index (χ4n) is 8.96. The summed E-state index contributed by atoms with van der Waals surface area (Å²) in [5.74, 6) is 1.76. The van der Waals surface area contributed by atoms with Crippen LogP contribution in [0.15, 0.2) is 206 Å². The molecule has 0 saturated heterocycles. The van der Waals surface area contributed by atoms with Gasteiger partial charge < -0.3 is 4.57 Å². The number of hydrogen-bond donors (Lipinski definition) is 0. The van der Waals surface area contributed by atoms with Crippen LogP contribution in [0.5, 0.6) is 0 Å². The third kappa shape index (κ3) is 5.83. The molecule has 4 nitrogen and oxygen atoms in total. The number of benzene rings is 9. The van der Waals surface area contributed by atoms with Gasteiger partial charge in [0, 0.05) is 78.9 Å². The monoisotopic (exact) mass is 844 g/mol. The Hall–Kier alpha value is -7.77. The molecule has 9 aromatic carbocycles. The number of nitrogens with zero attached hydrogens (tertiary/aromatic N) is 4. The van der Waals surface area contributed by atoms with Gasteiger partial charge in [-0.2, -0.15) is 0 Å². The van der Waals surface area contributed by atoms with Gasteiger partial charge in [-0.3, -0.25) is 0 Å². The molecule has 0 fully saturated rings. The van der Waals surface area contributed by atoms with Crippen LogP contribution in [0.4, 0.5) is 0 Å². The van der Waals surface area contributed by atoms with Crippen molar-refractivity contribution in [1.82, 2.24) is 19.5 Å². The van der Waals surface area contributed by atoms with Crippen LogP contribution in [0.2, 0.25) is 0 Å². The van der Waals surface area contributed by atoms with Gasteiger partial charge in [-0.05, 0) is 59.6 Å². The van der Waals surface area contributed by atoms with Gasteiger partial charge in [-0.1, -0.05) is 158 Å². The highest BCUT2D eigenvalue weighted by atomic mass is 32.1. The molecule has 0 unspecified atom stereocenters. The summed E-state index contributed by atoms with van der Waals surface area (Å²) in [7, 11) is 0. The van der Waals surface area contributed by atoms with Crippen LogP contribution in [0, 0.1) is 0 Å². The quantitative estimate of drug-likeness (QED) is 0.167. The average molecular weight is 845 g/mol. The van der Waals surface area contributed by atoms with Crippen LogP contribution in [-0.4, -0.2) is 19.5 Å². The van der Waals surface area contributed by atoms with Crippen molar-refractivity contribution < 1.29 is 8.22 Å². The predicted octanol–water partition coefficient (Wildman–Crippen LogP) is 16.0. The number of fused-ring (bicyclic) bond motifs is 9. The molecule has 0 atom stereocenters. The SMILES string of the molecule is [2H]c1cc([2H])c2c(c1[2H])c1c([2H])c([2H])cc([2H])c1n2-c1ccc(-c2ccc3sc4cccc(-c5nc(-c6ccccc6)nc(-c6ccccc6)n5)c4c3c2)cc1-c1cccc2c1sc1ccccc12. The average Bonchev–Trinajstić information content (AvgIpc) is 4.08. The highest BCUT2D eigenvalue weighted by molar-refractivity contribution is 7.26. The Bertz CT molecular complexity index is 4150. The lowest BCUT2D eigenvalue weighted by Gasteiger charge is -2.17. The minimum atomic E-state index is -0.151. The minimum Gasteiger partial charge on any atom is -0.309 e. The lowest BCUT2D eigenvalue weighted by molar-refractivity contribution is 1.08. The Morgan fingerprint density at radius 2 is 0.968 bits per heavy atom. The molecule has 0 aliphatic heterocycles. The number of hydrogen-bond acceptors (Lipinski definition) is 5. The molecule has 4 heterocycles. The zero-order valence-corrected chi connectivity index (χ0v) is 34.9. The summed E-state index contributed by atoms with van der Waals surface area (Å²) in [6, 6.07) is 55.8. The molecule has 13 rings (SSSR count). The van der Waals surface area contributed by atoms with Gasteiger partial charge >= 0.3 is 0 Å². The van der Waals surface area contributed by atoms with Crippen molar-refractivity contribution in [2.45, 2.75) is 0 Å². The fraction of sp³-hybridized carbons (Fsp3) is 0. The van der Waals surface area contributed by atoms with Crippen LogP contribution in [0.25, 0.3) is 124 Å². The Morgan fingerprint density at radius 3 is 1.71 bits per heavy atom. The lowest BCUT2D eigenvalue weighted by atomic mass is 9.95. The second-order valence-electron chi connectivity index (χ2n) is 15.4. The van der Waals surface area contributed by atoms with E-state index in [9.17, 15) is 2.74 Å². The minimum absolute atomic E-state index is 0.00169. The van der Waals surface area contributed by atoms with Crippen LogP contribution in [-0.2, 0) is 0 Å². The van der Waals surface area contributed by atoms with E-state index in [1.165, 1.54) is 12.1 Å². The molecule has 4 aromatic heterocycles. The van der Waals surface area contributed by atoms with Gasteiger partial charge in [-0.15, -0.1) is 22.7 Å². The third-order valence-corrected chi connectivity index (χ3v) is 14.2. The van der Waals surface area contributed by atoms with Crippen LogP contribution in [0.1, 0.15) is 8.22 Å². The first-order chi connectivity index (χ1) is 33.7. The van der Waals surface area contributed by atoms with E-state index in [1.54, 1.807) is 22.7 Å². The van der Waals surface area contributed by atoms with Gasteiger partial charge in [0.2, 0.25) is 0 Å². The zero-order chi connectivity index (χ0) is 46.7. The Kier molecular flexibility index (Phi) is 6.93. The molecule has 0 spiro atoms. The third-order valence-electron chi connectivity index (χ3n) is 11.8. The smallest absolute Gasteiger partial charge is 0.164 e. The molecular weight excluding hydrogens is 805 g/mol. The van der Waals surface area contributed by atoms with Crippen molar-refractivity contribution in [3.63, 3.8) is 0 Å². The van der Waals surface area contributed by atoms with Gasteiger partial charge in [0.05, 0.1) is 24.9 Å². The molecule has 0 saturated carbocycles. The molecule has 13 aromatic rings. The molecule has 294 valence electrons. The van der Waals surface area contributed by atoms with Gasteiger partial charge in [0.1, 0.15) is 0 Å². The summed E-state index contributed by atoms with van der Waals surface area (Å²) in [5, 5.41) is 4.81. The van der Waals surface area contributed by atoms with E-state index in [4.69, 9.17) is 20.4 Å². The second kappa shape index (κ2) is 14.4. The predicted molar refractivity (Wildman–Crippen MR) is 267 cm³/mol. The normalized spacial score (nSPS) is 13.1. The van der Waals surface area contributed by atoms with Crippen molar-refractivity contribution in [2.75, 3.05) is 0 Å². The van der Waals surface area contributed by atoms with E-state index in [2.05, 4.69) is 84.9 Å². The van der Waals surface area contributed by atoms with Gasteiger partial charge in [-0.25, -0.2) is 15.0 Å². The van der Waals surface area contributed by atoms with Crippen molar-refractivity contribution in [3.05, 3.63) is 206 Å². The van der Waals surface area contributed by atoms with E-state index in [0.717, 1.165) is 79.3 Å². The largest absolute Gasteiger partial charge is 0.309 e. The number of para-hydroxylation sites is 2. The number of thiophene rings is 2. The molecule has 0 N–H and O–H groups in total. The standard InChI is InChI=1S/C57H34N4S2/c1-3-15-35(16-4-1)55-58-56(36-17-5-2-6-18-36)60-57(59-55)44-24-14-28-52-53(44)46-34-38(30-32-51(46)62-52)37-29-31-49(61-47-25-10-7-19-39(47)40-20-8-11-26-48(40)61)45(33-37)43-23-13-22-42-41-21-9-12-27-50(41)63-54(42)43/h1-34H/i7D,8D,19D,20D,25D,26D. The first-order valence-corrected chi connectivity index (χ1v) is 22.2. The molecule has 0 aliphatic rings. The van der Waals surface area contributed by atoms with Crippen LogP contribution < -0.4 is 0 Å². The van der Waals surface area contributed by atoms with Crippen molar-refractivity contribution in [1.29, 1.82) is 0 Å². The molecule has 6 heteroatoms. The van der Waals surface area contributed by atoms with E-state index in [0.29, 0.717) is 34.2 Å². The Labute approximate surface area is 379 Å². The maximum Gasteiger partial charge on any atom is 0.164 e. The lowest BCUT2D eigenvalue weighted by Crippen LogP contribution is -2.00. The number of aromatic nitrogens is 4. The van der Waals surface area contributed by atoms with Crippen LogP contribution in [0.3, 0.4) is 0 Å². The van der Waals surface area contributed by atoms with E-state index >= 15 is 0 Å². The van der Waals surface area contributed by atoms with Crippen molar-refractivity contribution >= 4 is 84.8 Å². The van der Waals surface area contributed by atoms with E-state index in [1.807, 2.05) is 77.4 Å². The van der Waals surface area contributed by atoms with Crippen molar-refractivity contribution in [3.8, 4) is 62.1 Å². The molecule has 0 amide bonds. The fourth-order valence-corrected chi connectivity index (χ4v) is 11.3. The van der Waals surface area contributed by atoms with E-state index in [-0.39, 0.29) is 47.0 Å². The highest BCUT2D eigenvalue weighted by Crippen LogP contribution is 2.46. The van der Waals surface area contributed by atoms with Gasteiger partial charge in [0.25, 0.3) is 0 Å². The van der Waals surface area contributed by atoms with Crippen LogP contribution >= 0.6 is 22.7 Å². The molecule has 63 heavy (non-hydrogen) atoms. The second-order valence-corrected chi connectivity index (χ2v) is 17.6. The summed E-state index contributed by atoms with van der Waals surface area (Å²) >= 11 is 3.43. The Morgan fingerprint density at radius 1 is 0.381 bits per heavy atom. The number of rotatable bonds is 6. The summed E-state index contributed by atoms with van der Waals surface area (Å²) in [6.45, 7) is 0.